The van der Waals surface area contributed by atoms with Gasteiger partial charge in [0.25, 0.3) is 0 Å². The number of aryl methyl sites for hydroxylation is 1. The molecule has 1 aliphatic rings. The van der Waals surface area contributed by atoms with Crippen molar-refractivity contribution in [3.05, 3.63) is 29.8 Å². The molecule has 1 heterocycles. The first-order valence-corrected chi connectivity index (χ1v) is 8.07. The average Bonchev–Trinajstić information content (AvgIpc) is 2.52. The lowest BCUT2D eigenvalue weighted by atomic mass is 10.1. The van der Waals surface area contributed by atoms with Gasteiger partial charge in [0.15, 0.2) is 5.96 Å². The number of guanidine groups is 1. The summed E-state index contributed by atoms with van der Waals surface area (Å²) < 4.78 is 0. The minimum Gasteiger partial charge on any atom is -0.370 e. The van der Waals surface area contributed by atoms with Gasteiger partial charge in [-0.15, -0.1) is 0 Å². The fourth-order valence-electron chi connectivity index (χ4n) is 2.80. The molecular weight excluding hydrogens is 260 g/mol. The Kier molecular flexibility index (Phi) is 5.90. The van der Waals surface area contributed by atoms with Gasteiger partial charge < -0.3 is 15.5 Å². The number of rotatable bonds is 5. The first kappa shape index (κ1) is 15.7. The average molecular weight is 288 g/mol. The summed E-state index contributed by atoms with van der Waals surface area (Å²) in [7, 11) is 0. The highest BCUT2D eigenvalue weighted by molar-refractivity contribution is 5.78. The molecule has 0 aromatic heterocycles. The van der Waals surface area contributed by atoms with Gasteiger partial charge in [0.2, 0.25) is 0 Å². The number of benzene rings is 1. The minimum absolute atomic E-state index is 0.718. The molecule has 0 amide bonds. The molecule has 4 heteroatoms. The number of anilines is 1. The normalized spacial score (nSPS) is 16.1. The smallest absolute Gasteiger partial charge is 0.191 e. The monoisotopic (exact) mass is 288 g/mol. The molecule has 1 fully saturated rings. The molecular formula is C17H28N4. The van der Waals surface area contributed by atoms with Crippen molar-refractivity contribution < 1.29 is 0 Å². The summed E-state index contributed by atoms with van der Waals surface area (Å²) in [5, 5.41) is 0. The van der Waals surface area contributed by atoms with Gasteiger partial charge in [-0.3, -0.25) is 4.99 Å². The fourth-order valence-corrected chi connectivity index (χ4v) is 2.80. The van der Waals surface area contributed by atoms with Crippen molar-refractivity contribution in [1.29, 1.82) is 0 Å². The number of hydrogen-bond acceptors (Lipinski definition) is 2. The van der Waals surface area contributed by atoms with Crippen molar-refractivity contribution in [2.24, 2.45) is 10.7 Å². The van der Waals surface area contributed by atoms with Crippen molar-refractivity contribution in [3.8, 4) is 0 Å². The summed E-state index contributed by atoms with van der Waals surface area (Å²) >= 11 is 0. The second-order valence-corrected chi connectivity index (χ2v) is 5.71. The van der Waals surface area contributed by atoms with E-state index in [1.807, 2.05) is 0 Å². The fraction of sp³-hybridized carbons (Fsp3) is 0.588. The lowest BCUT2D eigenvalue weighted by Crippen LogP contribution is -2.41. The zero-order valence-electron chi connectivity index (χ0n) is 13.4. The molecule has 0 unspecified atom stereocenters. The molecule has 2 rings (SSSR count). The number of aliphatic imine (C=N–C) groups is 1. The molecule has 0 atom stereocenters. The van der Waals surface area contributed by atoms with Gasteiger partial charge >= 0.3 is 0 Å². The predicted octanol–water partition coefficient (Wildman–Crippen LogP) is 2.62. The zero-order valence-corrected chi connectivity index (χ0v) is 13.4. The summed E-state index contributed by atoms with van der Waals surface area (Å²) in [5.74, 6) is 0.718. The molecule has 1 aromatic rings. The van der Waals surface area contributed by atoms with Crippen molar-refractivity contribution in [2.45, 2.75) is 33.1 Å². The number of piperidine rings is 1. The van der Waals surface area contributed by atoms with E-state index in [9.17, 15) is 0 Å². The lowest BCUT2D eigenvalue weighted by molar-refractivity contribution is 0.338. The zero-order chi connectivity index (χ0) is 15.1. The summed E-state index contributed by atoms with van der Waals surface area (Å²) in [4.78, 5) is 9.12. The predicted molar refractivity (Wildman–Crippen MR) is 91.0 cm³/mol. The van der Waals surface area contributed by atoms with E-state index in [-0.39, 0.29) is 0 Å². The van der Waals surface area contributed by atoms with Crippen LogP contribution in [-0.2, 0) is 0 Å². The van der Waals surface area contributed by atoms with Crippen molar-refractivity contribution in [2.75, 3.05) is 37.6 Å². The van der Waals surface area contributed by atoms with Gasteiger partial charge in [0.1, 0.15) is 0 Å². The van der Waals surface area contributed by atoms with E-state index in [1.165, 1.54) is 30.5 Å². The highest BCUT2D eigenvalue weighted by atomic mass is 15.3. The Labute approximate surface area is 128 Å². The van der Waals surface area contributed by atoms with E-state index < -0.39 is 0 Å². The van der Waals surface area contributed by atoms with Crippen LogP contribution in [0, 0.1) is 6.92 Å². The van der Waals surface area contributed by atoms with Crippen LogP contribution in [0.2, 0.25) is 0 Å². The van der Waals surface area contributed by atoms with Crippen LogP contribution >= 0.6 is 0 Å². The van der Waals surface area contributed by atoms with Gasteiger partial charge in [0, 0.05) is 31.9 Å². The maximum atomic E-state index is 6.10. The van der Waals surface area contributed by atoms with Gasteiger partial charge in [-0.1, -0.05) is 12.1 Å². The molecule has 0 saturated carbocycles. The summed E-state index contributed by atoms with van der Waals surface area (Å²) in [6.07, 6.45) is 3.79. The Morgan fingerprint density at radius 3 is 2.71 bits per heavy atom. The topological polar surface area (TPSA) is 44.9 Å². The molecule has 1 aromatic carbocycles. The first-order valence-electron chi connectivity index (χ1n) is 8.07. The molecule has 0 radical (unpaired) electrons. The van der Waals surface area contributed by atoms with E-state index in [0.717, 1.165) is 38.7 Å². The number of likely N-dealkylation sites (tertiary alicyclic amines) is 1. The molecule has 0 bridgehead atoms. The van der Waals surface area contributed by atoms with E-state index in [4.69, 9.17) is 5.73 Å². The summed E-state index contributed by atoms with van der Waals surface area (Å²) in [5.41, 5.74) is 8.66. The summed E-state index contributed by atoms with van der Waals surface area (Å²) in [6, 6.07) is 8.62. The van der Waals surface area contributed by atoms with Crippen LogP contribution in [0.25, 0.3) is 0 Å². The molecule has 0 aliphatic carbocycles. The number of likely N-dealkylation sites (N-methyl/N-ethyl adjacent to an activating group) is 1. The second-order valence-electron chi connectivity index (χ2n) is 5.71. The van der Waals surface area contributed by atoms with Gasteiger partial charge in [-0.25, -0.2) is 0 Å². The van der Waals surface area contributed by atoms with Crippen LogP contribution in [0.4, 0.5) is 5.69 Å². The molecule has 0 spiro atoms. The third kappa shape index (κ3) is 4.66. The Bertz CT molecular complexity index is 464. The van der Waals surface area contributed by atoms with Crippen LogP contribution in [0.15, 0.2) is 29.3 Å². The number of nitrogens with zero attached hydrogens (tertiary/aromatic N) is 3. The van der Waals surface area contributed by atoms with Crippen LogP contribution in [0.3, 0.4) is 0 Å². The largest absolute Gasteiger partial charge is 0.370 e. The maximum Gasteiger partial charge on any atom is 0.191 e. The minimum atomic E-state index is 0.718. The van der Waals surface area contributed by atoms with E-state index in [1.54, 1.807) is 0 Å². The third-order valence-electron chi connectivity index (χ3n) is 4.07. The van der Waals surface area contributed by atoms with Crippen LogP contribution in [0.5, 0.6) is 0 Å². The number of hydrogen-bond donors (Lipinski definition) is 1. The van der Waals surface area contributed by atoms with E-state index in [2.05, 4.69) is 52.9 Å². The van der Waals surface area contributed by atoms with Gasteiger partial charge in [-0.05, 0) is 50.8 Å². The van der Waals surface area contributed by atoms with Crippen molar-refractivity contribution in [3.63, 3.8) is 0 Å². The Morgan fingerprint density at radius 1 is 1.29 bits per heavy atom. The SMILES string of the molecule is CCN(CCN=C(N)N1CCCCC1)c1cccc(C)c1. The molecule has 21 heavy (non-hydrogen) atoms. The van der Waals surface area contributed by atoms with Crippen LogP contribution < -0.4 is 10.6 Å². The number of nitrogens with two attached hydrogens (primary N) is 1. The molecule has 116 valence electrons. The molecule has 1 aliphatic heterocycles. The molecule has 1 saturated heterocycles. The standard InChI is InChI=1S/C17H28N4/c1-3-20(16-9-7-8-15(2)14-16)13-10-19-17(18)21-11-5-4-6-12-21/h7-9,14H,3-6,10-13H2,1-2H3,(H2,18,19). The van der Waals surface area contributed by atoms with Crippen LogP contribution in [0.1, 0.15) is 31.7 Å². The first-order chi connectivity index (χ1) is 10.2. The third-order valence-corrected chi connectivity index (χ3v) is 4.07. The molecule has 2 N–H and O–H groups in total. The van der Waals surface area contributed by atoms with Gasteiger partial charge in [-0.2, -0.15) is 0 Å². The Morgan fingerprint density at radius 2 is 2.05 bits per heavy atom. The van der Waals surface area contributed by atoms with E-state index in [0.29, 0.717) is 0 Å². The van der Waals surface area contributed by atoms with Crippen molar-refractivity contribution >= 4 is 11.6 Å². The highest BCUT2D eigenvalue weighted by Crippen LogP contribution is 2.15. The Balaban J connectivity index is 1.88. The van der Waals surface area contributed by atoms with Crippen LogP contribution in [-0.4, -0.2) is 43.6 Å². The summed E-state index contributed by atoms with van der Waals surface area (Å²) in [6.45, 7) is 9.08. The quantitative estimate of drug-likeness (QED) is 0.669. The van der Waals surface area contributed by atoms with Crippen molar-refractivity contribution in [1.82, 2.24) is 4.90 Å². The van der Waals surface area contributed by atoms with E-state index >= 15 is 0 Å². The Hall–Kier alpha value is -1.71. The highest BCUT2D eigenvalue weighted by Gasteiger charge is 2.11. The maximum absolute atomic E-state index is 6.10. The second kappa shape index (κ2) is 7.91. The molecule has 4 nitrogen and oxygen atoms in total. The van der Waals surface area contributed by atoms with Gasteiger partial charge in [0.05, 0.1) is 6.54 Å². The lowest BCUT2D eigenvalue weighted by Gasteiger charge is -2.28.